The number of thiophene rings is 1. The maximum absolute atomic E-state index is 11.6. The molecular formula is C58H58N2O3S. The predicted octanol–water partition coefficient (Wildman–Crippen LogP) is 16.9. The number of carboxylic acid groups (broad SMARTS) is 1. The lowest BCUT2D eigenvalue weighted by Gasteiger charge is -2.35. The number of carbonyl (C=O) groups is 1. The summed E-state index contributed by atoms with van der Waals surface area (Å²) in [7, 11) is 0. The molecular weight excluding hydrogens is 805 g/mol. The Morgan fingerprint density at radius 1 is 0.625 bits per heavy atom. The number of benzene rings is 5. The van der Waals surface area contributed by atoms with Crippen LogP contribution in [0.15, 0.2) is 131 Å². The average molecular weight is 863 g/mol. The van der Waals surface area contributed by atoms with Crippen molar-refractivity contribution < 1.29 is 14.3 Å². The van der Waals surface area contributed by atoms with Gasteiger partial charge in [-0.2, -0.15) is 5.26 Å². The number of anilines is 3. The van der Waals surface area contributed by atoms with E-state index < -0.39 is 5.97 Å². The third kappa shape index (κ3) is 7.48. The first-order chi connectivity index (χ1) is 31.3. The minimum Gasteiger partial charge on any atom is -0.477 e. The molecule has 0 spiro atoms. The third-order valence-corrected chi connectivity index (χ3v) is 15.2. The van der Waals surface area contributed by atoms with Crippen molar-refractivity contribution in [3.63, 3.8) is 0 Å². The van der Waals surface area contributed by atoms with Gasteiger partial charge in [-0.25, -0.2) is 4.79 Å². The molecule has 0 aliphatic heterocycles. The van der Waals surface area contributed by atoms with Gasteiger partial charge in [-0.3, -0.25) is 0 Å². The topological polar surface area (TPSA) is 77.5 Å². The molecule has 0 amide bonds. The Labute approximate surface area is 382 Å². The number of nitrogens with zero attached hydrogens (tertiary/aromatic N) is 2. The molecule has 324 valence electrons. The van der Waals surface area contributed by atoms with E-state index in [1.807, 2.05) is 12.1 Å². The highest BCUT2D eigenvalue weighted by Crippen LogP contribution is 2.58. The van der Waals surface area contributed by atoms with Crippen molar-refractivity contribution in [2.24, 2.45) is 0 Å². The van der Waals surface area contributed by atoms with Crippen molar-refractivity contribution in [1.29, 1.82) is 5.26 Å². The molecule has 0 bridgehead atoms. The van der Waals surface area contributed by atoms with Crippen molar-refractivity contribution in [2.45, 2.75) is 116 Å². The number of aliphatic carboxylic acids is 1. The number of nitriles is 1. The zero-order valence-electron chi connectivity index (χ0n) is 37.7. The predicted molar refractivity (Wildman–Crippen MR) is 266 cm³/mol. The lowest BCUT2D eigenvalue weighted by molar-refractivity contribution is -0.132. The van der Waals surface area contributed by atoms with Gasteiger partial charge in [0.05, 0.1) is 4.88 Å². The van der Waals surface area contributed by atoms with E-state index >= 15 is 0 Å². The van der Waals surface area contributed by atoms with Crippen LogP contribution in [-0.4, -0.2) is 11.1 Å². The van der Waals surface area contributed by atoms with E-state index in [0.29, 0.717) is 10.6 Å². The lowest BCUT2D eigenvalue weighted by atomic mass is 9.70. The standard InChI is InChI=1S/C58H58N2O3S/c1-5-9-29-57(30-10-6-2)49-19-15-13-17-45(49)47-26-23-41(35-51(47)57)60(42-24-27-48-46-18-14-16-20-50(46)58(31-11-7-3,32-12-8-4)52(48)36-42)43-22-21-39-34-54(63-53(39)37-43)55-28-25-44(64-55)33-40(38-59)56(61)62/h13-28,33-37H,5-12,29-32H2,1-4H3,(H,61,62)/b40-33+. The first kappa shape index (κ1) is 43.1. The number of hydrogen-bond donors (Lipinski definition) is 1. The number of carboxylic acids is 1. The van der Waals surface area contributed by atoms with E-state index in [0.717, 1.165) is 84.3 Å². The highest BCUT2D eigenvalue weighted by atomic mass is 32.1. The van der Waals surface area contributed by atoms with E-state index in [4.69, 9.17) is 4.42 Å². The monoisotopic (exact) mass is 862 g/mol. The molecule has 7 aromatic rings. The molecule has 0 saturated heterocycles. The molecule has 2 aliphatic carbocycles. The van der Waals surface area contributed by atoms with Crippen LogP contribution in [0, 0.1) is 11.3 Å². The molecule has 5 nitrogen and oxygen atoms in total. The molecule has 0 radical (unpaired) electrons. The van der Waals surface area contributed by atoms with Gasteiger partial charge in [0.2, 0.25) is 0 Å². The fraction of sp³-hybridized carbons (Fsp3) is 0.310. The van der Waals surface area contributed by atoms with Crippen molar-refractivity contribution >= 4 is 51.4 Å². The van der Waals surface area contributed by atoms with E-state index in [1.54, 1.807) is 6.07 Å². The van der Waals surface area contributed by atoms with Gasteiger partial charge in [-0.15, -0.1) is 11.3 Å². The molecule has 0 atom stereocenters. The Hall–Kier alpha value is -6.16. The Morgan fingerprint density at radius 3 is 1.61 bits per heavy atom. The summed E-state index contributed by atoms with van der Waals surface area (Å²) in [4.78, 5) is 15.6. The van der Waals surface area contributed by atoms with Gasteiger partial charge >= 0.3 is 5.97 Å². The van der Waals surface area contributed by atoms with E-state index in [1.165, 1.54) is 87.6 Å². The number of unbranched alkanes of at least 4 members (excludes halogenated alkanes) is 4. The van der Waals surface area contributed by atoms with Crippen molar-refractivity contribution in [3.8, 4) is 39.0 Å². The summed E-state index contributed by atoms with van der Waals surface area (Å²) >= 11 is 1.41. The Balaban J connectivity index is 1.23. The zero-order valence-corrected chi connectivity index (χ0v) is 38.5. The maximum atomic E-state index is 11.6. The van der Waals surface area contributed by atoms with Crippen molar-refractivity contribution in [3.05, 3.63) is 154 Å². The maximum Gasteiger partial charge on any atom is 0.346 e. The SMILES string of the molecule is CCCCC1(CCCC)c2ccccc2-c2ccc(N(c3ccc4c(c3)C(CCCC)(CCCC)c3ccccc3-4)c3ccc4cc(-c5ccc(/C=C(\C#N)C(=O)O)s5)oc4c3)cc21. The van der Waals surface area contributed by atoms with Crippen LogP contribution in [0.25, 0.3) is 49.9 Å². The largest absolute Gasteiger partial charge is 0.477 e. The molecule has 2 heterocycles. The number of hydrogen-bond acceptors (Lipinski definition) is 5. The number of furan rings is 1. The number of rotatable bonds is 18. The van der Waals surface area contributed by atoms with Gasteiger partial charge in [0.15, 0.2) is 0 Å². The first-order valence-corrected chi connectivity index (χ1v) is 24.4. The second kappa shape index (κ2) is 18.1. The van der Waals surface area contributed by atoms with Gasteiger partial charge in [0.1, 0.15) is 23.0 Å². The molecule has 2 aliphatic rings. The normalized spacial score (nSPS) is 14.2. The molecule has 9 rings (SSSR count). The highest BCUT2D eigenvalue weighted by molar-refractivity contribution is 7.16. The summed E-state index contributed by atoms with van der Waals surface area (Å²) in [6.07, 6.45) is 15.2. The molecule has 2 aromatic heterocycles. The molecule has 5 aromatic carbocycles. The first-order valence-electron chi connectivity index (χ1n) is 23.6. The van der Waals surface area contributed by atoms with Crippen LogP contribution in [0.5, 0.6) is 0 Å². The van der Waals surface area contributed by atoms with Gasteiger partial charge in [-0.1, -0.05) is 140 Å². The Bertz CT molecular complexity index is 2790. The fourth-order valence-corrected chi connectivity index (χ4v) is 11.9. The van der Waals surface area contributed by atoms with E-state index in [2.05, 4.69) is 142 Å². The van der Waals surface area contributed by atoms with Crippen LogP contribution >= 0.6 is 11.3 Å². The van der Waals surface area contributed by atoms with Crippen LogP contribution < -0.4 is 4.90 Å². The fourth-order valence-electron chi connectivity index (χ4n) is 11.0. The van der Waals surface area contributed by atoms with Gasteiger partial charge < -0.3 is 14.4 Å². The summed E-state index contributed by atoms with van der Waals surface area (Å²) in [5, 5.41) is 19.8. The zero-order chi connectivity index (χ0) is 44.4. The van der Waals surface area contributed by atoms with Crippen LogP contribution in [0.2, 0.25) is 0 Å². The molecule has 64 heavy (non-hydrogen) atoms. The summed E-state index contributed by atoms with van der Waals surface area (Å²) < 4.78 is 6.67. The quantitative estimate of drug-likeness (QED) is 0.0687. The van der Waals surface area contributed by atoms with Gasteiger partial charge in [0.25, 0.3) is 0 Å². The van der Waals surface area contributed by atoms with Crippen molar-refractivity contribution in [2.75, 3.05) is 4.90 Å². The molecule has 1 N–H and O–H groups in total. The Kier molecular flexibility index (Phi) is 12.2. The Morgan fingerprint density at radius 2 is 1.11 bits per heavy atom. The van der Waals surface area contributed by atoms with Gasteiger partial charge in [0, 0.05) is 44.2 Å². The van der Waals surface area contributed by atoms with Gasteiger partial charge in [-0.05, 0) is 131 Å². The average Bonchev–Trinajstić information content (AvgIpc) is 4.09. The van der Waals surface area contributed by atoms with Crippen LogP contribution in [0.1, 0.15) is 132 Å². The highest BCUT2D eigenvalue weighted by Gasteiger charge is 2.44. The van der Waals surface area contributed by atoms with Crippen LogP contribution in [0.3, 0.4) is 0 Å². The summed E-state index contributed by atoms with van der Waals surface area (Å²) in [5.74, 6) is -0.532. The second-order valence-corrected chi connectivity index (χ2v) is 19.1. The summed E-state index contributed by atoms with van der Waals surface area (Å²) in [6, 6.07) is 47.0. The smallest absolute Gasteiger partial charge is 0.346 e. The van der Waals surface area contributed by atoms with Crippen LogP contribution in [0.4, 0.5) is 17.1 Å². The summed E-state index contributed by atoms with van der Waals surface area (Å²) in [5.41, 5.74) is 15.0. The third-order valence-electron chi connectivity index (χ3n) is 14.1. The molecule has 6 heteroatoms. The van der Waals surface area contributed by atoms with E-state index in [-0.39, 0.29) is 16.4 Å². The molecule has 0 saturated carbocycles. The van der Waals surface area contributed by atoms with Crippen LogP contribution in [-0.2, 0) is 15.6 Å². The molecule has 0 unspecified atom stereocenters. The van der Waals surface area contributed by atoms with E-state index in [9.17, 15) is 15.2 Å². The van der Waals surface area contributed by atoms with Crippen molar-refractivity contribution in [1.82, 2.24) is 0 Å². The minimum atomic E-state index is -1.24. The molecule has 0 fully saturated rings. The summed E-state index contributed by atoms with van der Waals surface area (Å²) in [6.45, 7) is 9.26. The number of fused-ring (bicyclic) bond motifs is 7. The second-order valence-electron chi connectivity index (χ2n) is 18.0. The lowest BCUT2D eigenvalue weighted by Crippen LogP contribution is -2.26. The minimum absolute atomic E-state index is 0.0538.